The van der Waals surface area contributed by atoms with Gasteiger partial charge < -0.3 is 14.4 Å². The molecule has 0 spiro atoms. The Morgan fingerprint density at radius 1 is 1.31 bits per heavy atom. The van der Waals surface area contributed by atoms with E-state index in [1.807, 2.05) is 13.0 Å². The van der Waals surface area contributed by atoms with E-state index in [2.05, 4.69) is 20.8 Å². The first-order chi connectivity index (χ1) is 12.3. The van der Waals surface area contributed by atoms with Gasteiger partial charge in [-0.25, -0.2) is 8.42 Å². The quantitative estimate of drug-likeness (QED) is 0.698. The van der Waals surface area contributed by atoms with E-state index in [-0.39, 0.29) is 11.6 Å². The summed E-state index contributed by atoms with van der Waals surface area (Å²) in [6.07, 6.45) is 3.46. The lowest BCUT2D eigenvalue weighted by Gasteiger charge is -2.67. The largest absolute Gasteiger partial charge is 0.496 e. The first-order valence-electron chi connectivity index (χ1n) is 9.03. The zero-order valence-corrected chi connectivity index (χ0v) is 17.8. The van der Waals surface area contributed by atoms with Crippen molar-refractivity contribution < 1.29 is 17.9 Å². The standard InChI is InChI=1S/C18H25BrN2O4S/c1-4-25-11-13-10-21(18-7-12(8-18)9-18)15-5-14(19)16(24-3)6-17(15)26(22,23)20(13)2/h5-6,12-13H,4,7-11H2,1-3H3/t12?,13-,18?/m0/s1. The molecular weight excluding hydrogens is 420 g/mol. The summed E-state index contributed by atoms with van der Waals surface area (Å²) in [7, 11) is -0.428. The van der Waals surface area contributed by atoms with E-state index in [9.17, 15) is 8.42 Å². The molecule has 144 valence electrons. The number of ether oxygens (including phenoxy) is 2. The normalized spacial score (nSPS) is 32.2. The van der Waals surface area contributed by atoms with E-state index in [1.165, 1.54) is 4.31 Å². The number of halogens is 1. The molecule has 6 nitrogen and oxygen atoms in total. The minimum atomic E-state index is -3.64. The van der Waals surface area contributed by atoms with Crippen molar-refractivity contribution in [3.8, 4) is 5.75 Å². The molecule has 4 aliphatic rings. The van der Waals surface area contributed by atoms with Crippen LogP contribution in [0, 0.1) is 5.92 Å². The molecule has 26 heavy (non-hydrogen) atoms. The van der Waals surface area contributed by atoms with E-state index in [0.717, 1.165) is 35.3 Å². The van der Waals surface area contributed by atoms with E-state index >= 15 is 0 Å². The van der Waals surface area contributed by atoms with E-state index in [4.69, 9.17) is 9.47 Å². The summed E-state index contributed by atoms with van der Waals surface area (Å²) in [6, 6.07) is 3.33. The highest BCUT2D eigenvalue weighted by Crippen LogP contribution is 2.62. The molecule has 2 bridgehead atoms. The topological polar surface area (TPSA) is 59.1 Å². The third-order valence-corrected chi connectivity index (χ3v) is 8.74. The lowest BCUT2D eigenvalue weighted by molar-refractivity contribution is -0.0287. The highest BCUT2D eigenvalue weighted by molar-refractivity contribution is 9.10. The van der Waals surface area contributed by atoms with Crippen LogP contribution in [0.3, 0.4) is 0 Å². The fraction of sp³-hybridized carbons (Fsp3) is 0.667. The van der Waals surface area contributed by atoms with Crippen LogP contribution in [0.2, 0.25) is 0 Å². The highest BCUT2D eigenvalue weighted by atomic mass is 79.9. The minimum absolute atomic E-state index is 0.110. The van der Waals surface area contributed by atoms with Gasteiger partial charge in [-0.05, 0) is 54.1 Å². The molecule has 0 N–H and O–H groups in total. The molecule has 3 aliphatic carbocycles. The maximum atomic E-state index is 13.3. The average Bonchev–Trinajstić information content (AvgIpc) is 2.59. The molecule has 3 saturated carbocycles. The Bertz CT molecular complexity index is 812. The van der Waals surface area contributed by atoms with Crippen LogP contribution < -0.4 is 9.64 Å². The summed E-state index contributed by atoms with van der Waals surface area (Å²) >= 11 is 3.53. The first-order valence-corrected chi connectivity index (χ1v) is 11.3. The zero-order valence-electron chi connectivity index (χ0n) is 15.4. The molecule has 0 radical (unpaired) electrons. The van der Waals surface area contributed by atoms with Crippen LogP contribution in [0.4, 0.5) is 5.69 Å². The number of sulfonamides is 1. The molecule has 8 heteroatoms. The number of fused-ring (bicyclic) bond motifs is 1. The molecule has 5 rings (SSSR count). The Labute approximate surface area is 163 Å². The van der Waals surface area contributed by atoms with Gasteiger partial charge in [-0.2, -0.15) is 4.31 Å². The fourth-order valence-corrected chi connectivity index (χ4v) is 6.51. The number of methoxy groups -OCH3 is 1. The van der Waals surface area contributed by atoms with E-state index in [1.54, 1.807) is 20.2 Å². The van der Waals surface area contributed by atoms with Gasteiger partial charge in [-0.3, -0.25) is 0 Å². The molecule has 1 aliphatic heterocycles. The Morgan fingerprint density at radius 2 is 2.00 bits per heavy atom. The Balaban J connectivity index is 1.85. The van der Waals surface area contributed by atoms with Gasteiger partial charge in [-0.15, -0.1) is 0 Å². The van der Waals surface area contributed by atoms with Crippen molar-refractivity contribution in [3.05, 3.63) is 16.6 Å². The van der Waals surface area contributed by atoms with Crippen molar-refractivity contribution in [2.45, 2.75) is 42.7 Å². The smallest absolute Gasteiger partial charge is 0.245 e. The SMILES string of the molecule is CCOC[C@@H]1CN(C23CC(C2)C3)c2cc(Br)c(OC)cc2S(=O)(=O)N1C. The second-order valence-corrected chi connectivity index (χ2v) is 10.4. The van der Waals surface area contributed by atoms with Gasteiger partial charge in [0, 0.05) is 31.8 Å². The van der Waals surface area contributed by atoms with Gasteiger partial charge >= 0.3 is 0 Å². The Kier molecular flexibility index (Phi) is 4.53. The van der Waals surface area contributed by atoms with Crippen molar-refractivity contribution in [1.29, 1.82) is 0 Å². The predicted octanol–water partition coefficient (Wildman–Crippen LogP) is 2.86. The van der Waals surface area contributed by atoms with E-state index in [0.29, 0.717) is 30.4 Å². The highest BCUT2D eigenvalue weighted by Gasteiger charge is 2.61. The van der Waals surface area contributed by atoms with Gasteiger partial charge in [0.25, 0.3) is 0 Å². The van der Waals surface area contributed by atoms with Crippen LogP contribution in [0.15, 0.2) is 21.5 Å². The molecule has 0 saturated heterocycles. The lowest BCUT2D eigenvalue weighted by Crippen LogP contribution is -2.70. The van der Waals surface area contributed by atoms with Gasteiger partial charge in [-0.1, -0.05) is 0 Å². The first kappa shape index (κ1) is 18.5. The zero-order chi connectivity index (χ0) is 18.7. The van der Waals surface area contributed by atoms with Crippen LogP contribution in [-0.4, -0.2) is 58.2 Å². The number of rotatable bonds is 5. The van der Waals surface area contributed by atoms with Crippen LogP contribution in [0.1, 0.15) is 26.2 Å². The van der Waals surface area contributed by atoms with Crippen molar-refractivity contribution in [2.24, 2.45) is 5.92 Å². The van der Waals surface area contributed by atoms with Crippen molar-refractivity contribution in [1.82, 2.24) is 4.31 Å². The van der Waals surface area contributed by atoms with Gasteiger partial charge in [0.05, 0.1) is 29.9 Å². The molecule has 0 unspecified atom stereocenters. The second kappa shape index (κ2) is 6.36. The number of benzene rings is 1. The average molecular weight is 445 g/mol. The van der Waals surface area contributed by atoms with Crippen molar-refractivity contribution in [3.63, 3.8) is 0 Å². The Morgan fingerprint density at radius 3 is 2.54 bits per heavy atom. The number of nitrogens with zero attached hydrogens (tertiary/aromatic N) is 2. The summed E-state index contributed by atoms with van der Waals surface area (Å²) < 4.78 is 39.9. The summed E-state index contributed by atoms with van der Waals surface area (Å²) in [5.41, 5.74) is 0.889. The van der Waals surface area contributed by atoms with Crippen LogP contribution in [0.25, 0.3) is 0 Å². The molecule has 1 aromatic rings. The summed E-state index contributed by atoms with van der Waals surface area (Å²) in [6.45, 7) is 3.55. The summed E-state index contributed by atoms with van der Waals surface area (Å²) in [5, 5.41) is 0. The number of likely N-dealkylation sites (N-methyl/N-ethyl adjacent to an activating group) is 1. The third kappa shape index (κ3) is 2.60. The van der Waals surface area contributed by atoms with E-state index < -0.39 is 10.0 Å². The maximum absolute atomic E-state index is 13.3. The molecule has 0 amide bonds. The number of hydrogen-bond donors (Lipinski definition) is 0. The predicted molar refractivity (Wildman–Crippen MR) is 103 cm³/mol. The molecule has 3 fully saturated rings. The maximum Gasteiger partial charge on any atom is 0.245 e. The van der Waals surface area contributed by atoms with Crippen molar-refractivity contribution >= 4 is 31.6 Å². The van der Waals surface area contributed by atoms with Gasteiger partial charge in [0.1, 0.15) is 10.6 Å². The monoisotopic (exact) mass is 444 g/mol. The fourth-order valence-electron chi connectivity index (χ4n) is 4.50. The minimum Gasteiger partial charge on any atom is -0.496 e. The third-order valence-electron chi connectivity index (χ3n) is 6.18. The molecule has 1 heterocycles. The molecule has 1 atom stereocenters. The van der Waals surface area contributed by atoms with Crippen LogP contribution in [0.5, 0.6) is 5.75 Å². The Hall–Kier alpha value is -0.830. The summed E-state index contributed by atoms with van der Waals surface area (Å²) in [5.74, 6) is 1.34. The van der Waals surface area contributed by atoms with Crippen molar-refractivity contribution in [2.75, 3.05) is 38.8 Å². The lowest BCUT2D eigenvalue weighted by atomic mass is 9.49. The number of hydrogen-bond acceptors (Lipinski definition) is 5. The van der Waals surface area contributed by atoms with Gasteiger partial charge in [0.15, 0.2) is 0 Å². The van der Waals surface area contributed by atoms with Crippen LogP contribution >= 0.6 is 15.9 Å². The summed E-state index contributed by atoms with van der Waals surface area (Å²) in [4.78, 5) is 2.65. The molecule has 0 aromatic heterocycles. The second-order valence-electron chi connectivity index (χ2n) is 7.60. The molecule has 1 aromatic carbocycles. The molecular formula is C18H25BrN2O4S. The van der Waals surface area contributed by atoms with Gasteiger partial charge in [0.2, 0.25) is 10.0 Å². The van der Waals surface area contributed by atoms with Crippen LogP contribution in [-0.2, 0) is 14.8 Å². The number of anilines is 1.